The summed E-state index contributed by atoms with van der Waals surface area (Å²) in [5.41, 5.74) is 4.76. The number of anilines is 1. The molecule has 3 aromatic rings. The molecule has 38 heavy (non-hydrogen) atoms. The Hall–Kier alpha value is -3.67. The van der Waals surface area contributed by atoms with Gasteiger partial charge in [0.15, 0.2) is 0 Å². The number of hydrogen-bond donors (Lipinski definition) is 2. The van der Waals surface area contributed by atoms with Crippen LogP contribution in [0.3, 0.4) is 0 Å². The smallest absolute Gasteiger partial charge is 0.335 e. The zero-order valence-electron chi connectivity index (χ0n) is 21.0. The van der Waals surface area contributed by atoms with Gasteiger partial charge in [-0.15, -0.1) is 0 Å². The molecule has 0 radical (unpaired) electrons. The summed E-state index contributed by atoms with van der Waals surface area (Å²) in [7, 11) is 3.31. The Kier molecular flexibility index (Phi) is 9.52. The van der Waals surface area contributed by atoms with Crippen LogP contribution in [0.25, 0.3) is 0 Å². The quantitative estimate of drug-likeness (QED) is 0.194. The van der Waals surface area contributed by atoms with Crippen molar-refractivity contribution in [2.75, 3.05) is 17.2 Å². The van der Waals surface area contributed by atoms with E-state index < -0.39 is 5.97 Å². The van der Waals surface area contributed by atoms with Gasteiger partial charge in [-0.25, -0.2) is 4.79 Å². The van der Waals surface area contributed by atoms with Gasteiger partial charge >= 0.3 is 5.97 Å². The van der Waals surface area contributed by atoms with Crippen molar-refractivity contribution in [3.05, 3.63) is 101 Å². The number of carboxylic acids is 1. The van der Waals surface area contributed by atoms with Gasteiger partial charge in [0, 0.05) is 41.5 Å². The van der Waals surface area contributed by atoms with Crippen molar-refractivity contribution in [3.63, 3.8) is 0 Å². The van der Waals surface area contributed by atoms with Crippen LogP contribution >= 0.6 is 21.6 Å². The summed E-state index contributed by atoms with van der Waals surface area (Å²) in [6, 6.07) is 22.3. The fourth-order valence-electron chi connectivity index (χ4n) is 3.99. The highest BCUT2D eigenvalue weighted by Crippen LogP contribution is 2.37. The Morgan fingerprint density at radius 2 is 1.63 bits per heavy atom. The summed E-state index contributed by atoms with van der Waals surface area (Å²) in [4.78, 5) is 38.4. The van der Waals surface area contributed by atoms with Crippen molar-refractivity contribution in [2.45, 2.75) is 31.6 Å². The van der Waals surface area contributed by atoms with Gasteiger partial charge < -0.3 is 15.3 Å². The average molecular weight is 545 g/mol. The van der Waals surface area contributed by atoms with E-state index in [1.54, 1.807) is 38.6 Å². The molecule has 1 aliphatic rings. The first-order valence-electron chi connectivity index (χ1n) is 12.3. The van der Waals surface area contributed by atoms with Gasteiger partial charge in [-0.2, -0.15) is 0 Å². The summed E-state index contributed by atoms with van der Waals surface area (Å²) in [6.45, 7) is 2.98. The lowest BCUT2D eigenvalue weighted by Crippen LogP contribution is -2.33. The standard InChI is InChI=1S/C30H28N2O4S2/c1-21(22-10-14-25(15-11-22)30(35)36)38-37-19-18-31-28(33)16-17-29(34)32-20-26-8-3-2-6-23(26)12-13-24-7-4-5-9-27(24)32/h2-11,14-15,21H,16-20H2,1H3,(H,31,33)(H,35,36). The number of nitrogens with zero attached hydrogens (tertiary/aromatic N) is 1. The molecule has 194 valence electrons. The second-order valence-electron chi connectivity index (χ2n) is 8.74. The molecule has 1 aliphatic heterocycles. The highest BCUT2D eigenvalue weighted by atomic mass is 33.1. The lowest BCUT2D eigenvalue weighted by atomic mass is 10.0. The van der Waals surface area contributed by atoms with E-state index in [-0.39, 0.29) is 35.5 Å². The van der Waals surface area contributed by atoms with Crippen LogP contribution in [-0.4, -0.2) is 35.2 Å². The highest BCUT2D eigenvalue weighted by Gasteiger charge is 2.21. The van der Waals surface area contributed by atoms with E-state index >= 15 is 0 Å². The third kappa shape index (κ3) is 7.21. The minimum absolute atomic E-state index is 0.112. The first kappa shape index (κ1) is 27.4. The van der Waals surface area contributed by atoms with Gasteiger partial charge in [-0.3, -0.25) is 9.59 Å². The number of hydrogen-bond acceptors (Lipinski definition) is 5. The highest BCUT2D eigenvalue weighted by molar-refractivity contribution is 8.76. The van der Waals surface area contributed by atoms with Crippen LogP contribution in [0.1, 0.15) is 57.6 Å². The molecule has 0 aliphatic carbocycles. The molecule has 6 nitrogen and oxygen atoms in total. The molecule has 1 heterocycles. The number of nitrogens with one attached hydrogen (secondary N) is 1. The van der Waals surface area contributed by atoms with Gasteiger partial charge in [0.2, 0.25) is 11.8 Å². The minimum atomic E-state index is -0.935. The topological polar surface area (TPSA) is 86.7 Å². The zero-order valence-corrected chi connectivity index (χ0v) is 22.6. The van der Waals surface area contributed by atoms with E-state index in [0.29, 0.717) is 13.1 Å². The number of amides is 2. The third-order valence-electron chi connectivity index (χ3n) is 6.09. The number of para-hydroxylation sites is 1. The van der Waals surface area contributed by atoms with Gasteiger partial charge in [0.1, 0.15) is 0 Å². The molecule has 0 aromatic heterocycles. The summed E-state index contributed by atoms with van der Waals surface area (Å²) < 4.78 is 0. The molecule has 0 saturated carbocycles. The van der Waals surface area contributed by atoms with Crippen LogP contribution in [-0.2, 0) is 16.1 Å². The van der Waals surface area contributed by atoms with Gasteiger partial charge in [0.25, 0.3) is 0 Å². The summed E-state index contributed by atoms with van der Waals surface area (Å²) in [5.74, 6) is 5.92. The molecule has 0 fully saturated rings. The van der Waals surface area contributed by atoms with Crippen molar-refractivity contribution in [1.29, 1.82) is 0 Å². The number of benzene rings is 3. The summed E-state index contributed by atoms with van der Waals surface area (Å²) in [5, 5.41) is 12.1. The Morgan fingerprint density at radius 3 is 2.39 bits per heavy atom. The molecule has 2 N–H and O–H groups in total. The maximum absolute atomic E-state index is 13.2. The number of aromatic carboxylic acids is 1. The van der Waals surface area contributed by atoms with Crippen molar-refractivity contribution in [1.82, 2.24) is 5.32 Å². The Bertz CT molecular complexity index is 1380. The Labute approximate surface area is 230 Å². The molecule has 0 spiro atoms. The van der Waals surface area contributed by atoms with Crippen molar-refractivity contribution in [3.8, 4) is 11.8 Å². The molecule has 0 bridgehead atoms. The average Bonchev–Trinajstić information content (AvgIpc) is 2.92. The van der Waals surface area contributed by atoms with Gasteiger partial charge in [0.05, 0.1) is 17.8 Å². The van der Waals surface area contributed by atoms with E-state index in [2.05, 4.69) is 24.1 Å². The Morgan fingerprint density at radius 1 is 0.947 bits per heavy atom. The minimum Gasteiger partial charge on any atom is -0.478 e. The maximum atomic E-state index is 13.2. The number of carbonyl (C=O) groups is 3. The number of carbonyl (C=O) groups excluding carboxylic acids is 2. The van der Waals surface area contributed by atoms with Crippen LogP contribution in [0.2, 0.25) is 0 Å². The molecule has 2 amide bonds. The van der Waals surface area contributed by atoms with E-state index in [9.17, 15) is 14.4 Å². The van der Waals surface area contributed by atoms with Crippen LogP contribution in [0.4, 0.5) is 5.69 Å². The second-order valence-corrected chi connectivity index (χ2v) is 11.6. The lowest BCUT2D eigenvalue weighted by molar-refractivity contribution is -0.125. The molecule has 4 rings (SSSR count). The monoisotopic (exact) mass is 544 g/mol. The zero-order chi connectivity index (χ0) is 26.9. The number of carboxylic acid groups (broad SMARTS) is 1. The van der Waals surface area contributed by atoms with Crippen LogP contribution in [0, 0.1) is 11.8 Å². The van der Waals surface area contributed by atoms with E-state index in [1.807, 2.05) is 60.7 Å². The summed E-state index contributed by atoms with van der Waals surface area (Å²) in [6.07, 6.45) is 0.232. The van der Waals surface area contributed by atoms with Gasteiger partial charge in [-0.05, 0) is 48.4 Å². The molecule has 1 unspecified atom stereocenters. The van der Waals surface area contributed by atoms with Crippen LogP contribution < -0.4 is 10.2 Å². The first-order chi connectivity index (χ1) is 18.4. The van der Waals surface area contributed by atoms with Crippen molar-refractivity contribution < 1.29 is 19.5 Å². The SMILES string of the molecule is CC(SSCCNC(=O)CCC(=O)N1Cc2ccccc2C#Cc2ccccc21)c1ccc(C(=O)O)cc1. The Balaban J connectivity index is 1.23. The normalized spacial score (nSPS) is 12.6. The summed E-state index contributed by atoms with van der Waals surface area (Å²) >= 11 is 0. The maximum Gasteiger partial charge on any atom is 0.335 e. The molecular formula is C30H28N2O4S2. The predicted molar refractivity (Wildman–Crippen MR) is 154 cm³/mol. The van der Waals surface area contributed by atoms with Crippen LogP contribution in [0.5, 0.6) is 0 Å². The van der Waals surface area contributed by atoms with Crippen molar-refractivity contribution >= 4 is 45.1 Å². The molecule has 8 heteroatoms. The predicted octanol–water partition coefficient (Wildman–Crippen LogP) is 5.67. The fraction of sp³-hybridized carbons (Fsp3) is 0.233. The van der Waals surface area contributed by atoms with E-state index in [4.69, 9.17) is 5.11 Å². The molecular weight excluding hydrogens is 516 g/mol. The fourth-order valence-corrected chi connectivity index (χ4v) is 6.22. The molecule has 3 aromatic carbocycles. The third-order valence-corrected chi connectivity index (χ3v) is 8.93. The first-order valence-corrected chi connectivity index (χ1v) is 14.7. The second kappa shape index (κ2) is 13.2. The lowest BCUT2D eigenvalue weighted by Gasteiger charge is -2.26. The van der Waals surface area contributed by atoms with E-state index in [0.717, 1.165) is 33.7 Å². The van der Waals surface area contributed by atoms with Gasteiger partial charge in [-0.1, -0.05) is 75.9 Å². The number of rotatable bonds is 10. The van der Waals surface area contributed by atoms with Crippen LogP contribution in [0.15, 0.2) is 72.8 Å². The largest absolute Gasteiger partial charge is 0.478 e. The molecule has 1 atom stereocenters. The van der Waals surface area contributed by atoms with Crippen molar-refractivity contribution in [2.24, 2.45) is 0 Å². The van der Waals surface area contributed by atoms with E-state index in [1.165, 1.54) is 0 Å². The molecule has 0 saturated heterocycles. The number of fused-ring (bicyclic) bond motifs is 2.